The van der Waals surface area contributed by atoms with Crippen molar-refractivity contribution in [2.75, 3.05) is 6.61 Å². The number of alkyl halides is 1. The Kier molecular flexibility index (Phi) is 2.28. The average molecular weight is 184 g/mol. The van der Waals surface area contributed by atoms with E-state index in [1.807, 2.05) is 12.1 Å². The SMILES string of the molecule is Cl[C@@H]1CCO[C@H]1c1ccncc1. The first kappa shape index (κ1) is 8.02. The minimum atomic E-state index is 0.0645. The summed E-state index contributed by atoms with van der Waals surface area (Å²) in [6.45, 7) is 0.765. The van der Waals surface area contributed by atoms with Crippen LogP contribution in [0.2, 0.25) is 0 Å². The lowest BCUT2D eigenvalue weighted by Gasteiger charge is -2.12. The van der Waals surface area contributed by atoms with E-state index < -0.39 is 0 Å². The fraction of sp³-hybridized carbons (Fsp3) is 0.444. The number of pyridine rings is 1. The molecule has 2 atom stereocenters. The zero-order valence-electron chi connectivity index (χ0n) is 6.61. The molecule has 0 bridgehead atoms. The molecule has 0 spiro atoms. The Morgan fingerprint density at radius 3 is 2.75 bits per heavy atom. The first-order chi connectivity index (χ1) is 5.88. The largest absolute Gasteiger partial charge is 0.372 e. The van der Waals surface area contributed by atoms with Gasteiger partial charge in [0, 0.05) is 19.0 Å². The predicted octanol–water partition coefficient (Wildman–Crippen LogP) is 2.15. The van der Waals surface area contributed by atoms with Crippen LogP contribution >= 0.6 is 11.6 Å². The zero-order chi connectivity index (χ0) is 8.39. The highest BCUT2D eigenvalue weighted by Gasteiger charge is 2.27. The van der Waals surface area contributed by atoms with Crippen LogP contribution in [0.15, 0.2) is 24.5 Å². The first-order valence-electron chi connectivity index (χ1n) is 4.03. The van der Waals surface area contributed by atoms with Crippen LogP contribution in [0.5, 0.6) is 0 Å². The van der Waals surface area contributed by atoms with Gasteiger partial charge in [0.2, 0.25) is 0 Å². The summed E-state index contributed by atoms with van der Waals surface area (Å²) in [5, 5.41) is 0.118. The molecule has 3 heteroatoms. The van der Waals surface area contributed by atoms with Gasteiger partial charge in [0.25, 0.3) is 0 Å². The van der Waals surface area contributed by atoms with Crippen LogP contribution in [0.3, 0.4) is 0 Å². The van der Waals surface area contributed by atoms with E-state index in [4.69, 9.17) is 16.3 Å². The van der Waals surface area contributed by atoms with Gasteiger partial charge in [-0.1, -0.05) is 0 Å². The Morgan fingerprint density at radius 1 is 1.42 bits per heavy atom. The van der Waals surface area contributed by atoms with E-state index in [2.05, 4.69) is 4.98 Å². The molecule has 1 aromatic heterocycles. The highest BCUT2D eigenvalue weighted by atomic mass is 35.5. The molecule has 64 valence electrons. The summed E-state index contributed by atoms with van der Waals surface area (Å²) in [6.07, 6.45) is 4.53. The summed E-state index contributed by atoms with van der Waals surface area (Å²) < 4.78 is 5.49. The van der Waals surface area contributed by atoms with Gasteiger partial charge in [-0.3, -0.25) is 4.98 Å². The second-order valence-electron chi connectivity index (χ2n) is 2.88. The lowest BCUT2D eigenvalue weighted by atomic mass is 10.1. The van der Waals surface area contributed by atoms with E-state index in [9.17, 15) is 0 Å². The number of halogens is 1. The van der Waals surface area contributed by atoms with E-state index in [0.29, 0.717) is 0 Å². The van der Waals surface area contributed by atoms with Crippen LogP contribution in [0.1, 0.15) is 18.1 Å². The summed E-state index contributed by atoms with van der Waals surface area (Å²) >= 11 is 6.07. The quantitative estimate of drug-likeness (QED) is 0.623. The standard InChI is InChI=1S/C9H10ClNO/c10-8-3-6-12-9(8)7-1-4-11-5-2-7/h1-2,4-5,8-9H,3,6H2/t8-,9+/m1/s1. The minimum absolute atomic E-state index is 0.0645. The lowest BCUT2D eigenvalue weighted by Crippen LogP contribution is -2.06. The Hall–Kier alpha value is -0.600. The van der Waals surface area contributed by atoms with Crippen molar-refractivity contribution in [1.82, 2.24) is 4.98 Å². The summed E-state index contributed by atoms with van der Waals surface area (Å²) in [6, 6.07) is 3.90. The summed E-state index contributed by atoms with van der Waals surface area (Å²) in [4.78, 5) is 3.94. The topological polar surface area (TPSA) is 22.1 Å². The third kappa shape index (κ3) is 1.45. The Balaban J connectivity index is 2.19. The molecule has 2 heterocycles. The van der Waals surface area contributed by atoms with Crippen LogP contribution in [-0.2, 0) is 4.74 Å². The fourth-order valence-electron chi connectivity index (χ4n) is 1.42. The van der Waals surface area contributed by atoms with E-state index in [1.54, 1.807) is 12.4 Å². The predicted molar refractivity (Wildman–Crippen MR) is 47.2 cm³/mol. The maximum absolute atomic E-state index is 6.07. The smallest absolute Gasteiger partial charge is 0.0990 e. The number of rotatable bonds is 1. The molecule has 0 unspecified atom stereocenters. The van der Waals surface area contributed by atoms with E-state index >= 15 is 0 Å². The third-order valence-corrected chi connectivity index (χ3v) is 2.50. The van der Waals surface area contributed by atoms with Crippen molar-refractivity contribution in [3.63, 3.8) is 0 Å². The first-order valence-corrected chi connectivity index (χ1v) is 4.47. The van der Waals surface area contributed by atoms with Gasteiger partial charge < -0.3 is 4.74 Å². The molecule has 1 aromatic rings. The third-order valence-electron chi connectivity index (χ3n) is 2.05. The molecule has 2 nitrogen and oxygen atoms in total. The van der Waals surface area contributed by atoms with E-state index in [-0.39, 0.29) is 11.5 Å². The molecule has 0 aromatic carbocycles. The highest BCUT2D eigenvalue weighted by Crippen LogP contribution is 2.32. The van der Waals surface area contributed by atoms with Gasteiger partial charge in [0.1, 0.15) is 0 Å². The molecule has 0 saturated carbocycles. The van der Waals surface area contributed by atoms with Crippen LogP contribution < -0.4 is 0 Å². The normalized spacial score (nSPS) is 29.1. The van der Waals surface area contributed by atoms with Crippen molar-refractivity contribution in [3.8, 4) is 0 Å². The number of ether oxygens (including phenoxy) is 1. The summed E-state index contributed by atoms with van der Waals surface area (Å²) in [5.41, 5.74) is 1.13. The average Bonchev–Trinajstić information content (AvgIpc) is 2.53. The zero-order valence-corrected chi connectivity index (χ0v) is 7.37. The van der Waals surface area contributed by atoms with Gasteiger partial charge in [0.05, 0.1) is 11.5 Å². The number of hydrogen-bond acceptors (Lipinski definition) is 2. The van der Waals surface area contributed by atoms with Crippen molar-refractivity contribution < 1.29 is 4.74 Å². The van der Waals surface area contributed by atoms with Crippen LogP contribution in [0, 0.1) is 0 Å². The molecule has 1 fully saturated rings. The van der Waals surface area contributed by atoms with Gasteiger partial charge >= 0.3 is 0 Å². The maximum atomic E-state index is 6.07. The van der Waals surface area contributed by atoms with Crippen molar-refractivity contribution >= 4 is 11.6 Å². The maximum Gasteiger partial charge on any atom is 0.0990 e. The van der Waals surface area contributed by atoms with Crippen LogP contribution in [-0.4, -0.2) is 17.0 Å². The highest BCUT2D eigenvalue weighted by molar-refractivity contribution is 6.21. The van der Waals surface area contributed by atoms with Gasteiger partial charge in [-0.2, -0.15) is 0 Å². The molecule has 0 radical (unpaired) electrons. The van der Waals surface area contributed by atoms with Gasteiger partial charge in [-0.25, -0.2) is 0 Å². The Labute approximate surface area is 76.5 Å². The number of nitrogens with zero attached hydrogens (tertiary/aromatic N) is 1. The molecule has 1 aliphatic rings. The second kappa shape index (κ2) is 3.42. The van der Waals surface area contributed by atoms with Gasteiger partial charge in [0.15, 0.2) is 0 Å². The number of hydrogen-bond donors (Lipinski definition) is 0. The summed E-state index contributed by atoms with van der Waals surface area (Å²) in [7, 11) is 0. The fourth-order valence-corrected chi connectivity index (χ4v) is 1.73. The number of aromatic nitrogens is 1. The van der Waals surface area contributed by atoms with Crippen molar-refractivity contribution in [2.24, 2.45) is 0 Å². The molecule has 0 N–H and O–H groups in total. The van der Waals surface area contributed by atoms with Crippen molar-refractivity contribution in [1.29, 1.82) is 0 Å². The Morgan fingerprint density at radius 2 is 2.17 bits per heavy atom. The molecule has 12 heavy (non-hydrogen) atoms. The molecular weight excluding hydrogens is 174 g/mol. The molecule has 1 saturated heterocycles. The second-order valence-corrected chi connectivity index (χ2v) is 3.44. The van der Waals surface area contributed by atoms with Crippen molar-refractivity contribution in [3.05, 3.63) is 30.1 Å². The van der Waals surface area contributed by atoms with Gasteiger partial charge in [-0.05, 0) is 24.1 Å². The van der Waals surface area contributed by atoms with Gasteiger partial charge in [-0.15, -0.1) is 11.6 Å². The van der Waals surface area contributed by atoms with E-state index in [0.717, 1.165) is 18.6 Å². The van der Waals surface area contributed by atoms with Crippen LogP contribution in [0.4, 0.5) is 0 Å². The molecule has 0 amide bonds. The molecule has 1 aliphatic heterocycles. The minimum Gasteiger partial charge on any atom is -0.372 e. The molecule has 2 rings (SSSR count). The monoisotopic (exact) mass is 183 g/mol. The molecule has 0 aliphatic carbocycles. The summed E-state index contributed by atoms with van der Waals surface area (Å²) in [5.74, 6) is 0. The van der Waals surface area contributed by atoms with Crippen LogP contribution in [0.25, 0.3) is 0 Å². The van der Waals surface area contributed by atoms with E-state index in [1.165, 1.54) is 0 Å². The Bertz CT molecular complexity index is 252. The lowest BCUT2D eigenvalue weighted by molar-refractivity contribution is 0.113. The molecular formula is C9H10ClNO. The van der Waals surface area contributed by atoms with Crippen molar-refractivity contribution in [2.45, 2.75) is 17.9 Å².